The second-order valence-corrected chi connectivity index (χ2v) is 7.97. The number of carbonyl (C=O) groups is 1. The molecule has 0 aliphatic carbocycles. The zero-order valence-electron chi connectivity index (χ0n) is 17.6. The summed E-state index contributed by atoms with van der Waals surface area (Å²) in [5.74, 6) is 0.795. The molecule has 4 rings (SSSR count). The number of alkyl halides is 1. The first-order chi connectivity index (χ1) is 15.4. The molecule has 3 aromatic rings. The van der Waals surface area contributed by atoms with Crippen LogP contribution in [0.5, 0.6) is 0 Å². The van der Waals surface area contributed by atoms with Crippen LogP contribution in [-0.2, 0) is 20.8 Å². The lowest BCUT2D eigenvalue weighted by molar-refractivity contribution is 0.0615. The Kier molecular flexibility index (Phi) is 6.44. The Morgan fingerprint density at radius 3 is 3.06 bits per heavy atom. The minimum atomic E-state index is -1.55. The van der Waals surface area contributed by atoms with Crippen LogP contribution in [-0.4, -0.2) is 62.7 Å². The van der Waals surface area contributed by atoms with Gasteiger partial charge in [0.05, 0.1) is 30.8 Å². The van der Waals surface area contributed by atoms with Gasteiger partial charge in [0, 0.05) is 25.4 Å². The maximum Gasteiger partial charge on any atom is 0.407 e. The van der Waals surface area contributed by atoms with E-state index in [1.165, 1.54) is 6.20 Å². The molecule has 0 bridgehead atoms. The first-order valence-electron chi connectivity index (χ1n) is 9.92. The maximum absolute atomic E-state index is 14.9. The lowest BCUT2D eigenvalue weighted by Gasteiger charge is -2.16. The number of H-pyrrole nitrogens is 1. The van der Waals surface area contributed by atoms with Crippen LogP contribution in [0.25, 0.3) is 5.65 Å². The average molecular weight is 468 g/mol. The molecule has 0 aromatic carbocycles. The molecule has 3 aromatic heterocycles. The quantitative estimate of drug-likeness (QED) is 0.484. The monoisotopic (exact) mass is 467 g/mol. The third kappa shape index (κ3) is 4.61. The Morgan fingerprint density at radius 1 is 1.50 bits per heavy atom. The number of methoxy groups -OCH3 is 1. The van der Waals surface area contributed by atoms with Crippen molar-refractivity contribution in [3.05, 3.63) is 34.9 Å². The molecule has 0 saturated carbocycles. The summed E-state index contributed by atoms with van der Waals surface area (Å²) in [5, 5.41) is 12.9. The van der Waals surface area contributed by atoms with E-state index in [1.54, 1.807) is 37.6 Å². The molecule has 0 spiro atoms. The number of nitrogens with one attached hydrogen (secondary N) is 3. The van der Waals surface area contributed by atoms with Crippen molar-refractivity contribution in [1.82, 2.24) is 29.9 Å². The maximum atomic E-state index is 14.9. The Morgan fingerprint density at radius 2 is 2.31 bits per heavy atom. The number of fused-ring (bicyclic) bond motifs is 1. The van der Waals surface area contributed by atoms with Crippen molar-refractivity contribution >= 4 is 35.1 Å². The number of carbonyl (C=O) groups excluding carboxylic acids is 1. The minimum Gasteiger partial charge on any atom is -0.441 e. The van der Waals surface area contributed by atoms with Crippen molar-refractivity contribution in [2.75, 3.05) is 19.0 Å². The SMILES string of the molecule is COCc1cn2c(Nc3cc([C@@H]4OC[C@H](OC(=O)NC(C)C)[C@H]4F)[nH]n3)ncc(Cl)c2n1. The van der Waals surface area contributed by atoms with Crippen LogP contribution in [0.15, 0.2) is 18.5 Å². The van der Waals surface area contributed by atoms with Crippen LogP contribution >= 0.6 is 11.6 Å². The number of hydrogen-bond donors (Lipinski definition) is 3. The Hall–Kier alpha value is -2.96. The number of anilines is 2. The van der Waals surface area contributed by atoms with Gasteiger partial charge in [0.25, 0.3) is 0 Å². The number of aromatic amines is 1. The number of aromatic nitrogens is 5. The molecule has 13 heteroatoms. The number of imidazole rings is 1. The number of rotatable bonds is 7. The summed E-state index contributed by atoms with van der Waals surface area (Å²) in [5.41, 5.74) is 1.58. The van der Waals surface area contributed by atoms with Gasteiger partial charge in [-0.05, 0) is 13.8 Å². The second-order valence-electron chi connectivity index (χ2n) is 7.56. The van der Waals surface area contributed by atoms with Crippen molar-refractivity contribution < 1.29 is 23.4 Å². The molecule has 0 radical (unpaired) electrons. The van der Waals surface area contributed by atoms with Crippen LogP contribution in [0.4, 0.5) is 21.0 Å². The molecule has 3 atom stereocenters. The van der Waals surface area contributed by atoms with Gasteiger partial charge in [-0.3, -0.25) is 9.50 Å². The molecule has 3 N–H and O–H groups in total. The smallest absolute Gasteiger partial charge is 0.407 e. The van der Waals surface area contributed by atoms with E-state index < -0.39 is 24.5 Å². The summed E-state index contributed by atoms with van der Waals surface area (Å²) in [4.78, 5) is 20.5. The van der Waals surface area contributed by atoms with Gasteiger partial charge < -0.3 is 24.8 Å². The molecule has 32 heavy (non-hydrogen) atoms. The number of amides is 1. The first kappa shape index (κ1) is 22.2. The van der Waals surface area contributed by atoms with E-state index in [0.717, 1.165) is 0 Å². The van der Waals surface area contributed by atoms with Crippen molar-refractivity contribution in [2.45, 2.75) is 44.9 Å². The summed E-state index contributed by atoms with van der Waals surface area (Å²) in [7, 11) is 1.57. The van der Waals surface area contributed by atoms with Gasteiger partial charge in [-0.15, -0.1) is 0 Å². The van der Waals surface area contributed by atoms with E-state index in [9.17, 15) is 9.18 Å². The number of alkyl carbamates (subject to hydrolysis) is 1. The van der Waals surface area contributed by atoms with Gasteiger partial charge in [0.15, 0.2) is 23.7 Å². The standard InChI is InChI=1S/C19H23ClFN7O4/c1-9(2)23-19(29)32-13-8-31-16(15(13)21)12-4-14(27-26-12)25-18-22-5-11(20)17-24-10(7-30-3)6-28(17)18/h4-6,9,13,15-16H,7-8H2,1-3H3,(H,23,29)(H2,22,25,26,27)/t13-,15+,16-/m0/s1. The van der Waals surface area contributed by atoms with Gasteiger partial charge in [0.1, 0.15) is 11.1 Å². The number of hydrogen-bond acceptors (Lipinski definition) is 8. The molecule has 1 saturated heterocycles. The summed E-state index contributed by atoms with van der Waals surface area (Å²) in [6.45, 7) is 3.83. The van der Waals surface area contributed by atoms with Gasteiger partial charge in [-0.25, -0.2) is 19.2 Å². The van der Waals surface area contributed by atoms with E-state index in [0.29, 0.717) is 40.4 Å². The lowest BCUT2D eigenvalue weighted by Crippen LogP contribution is -2.36. The highest BCUT2D eigenvalue weighted by atomic mass is 35.5. The molecule has 1 fully saturated rings. The van der Waals surface area contributed by atoms with Crippen molar-refractivity contribution in [3.63, 3.8) is 0 Å². The van der Waals surface area contributed by atoms with E-state index in [2.05, 4.69) is 30.8 Å². The zero-order valence-corrected chi connectivity index (χ0v) is 18.4. The summed E-state index contributed by atoms with van der Waals surface area (Å²) in [6.07, 6.45) is -0.981. The topological polar surface area (TPSA) is 128 Å². The van der Waals surface area contributed by atoms with Crippen LogP contribution < -0.4 is 10.6 Å². The van der Waals surface area contributed by atoms with Gasteiger partial charge in [-0.1, -0.05) is 11.6 Å². The average Bonchev–Trinajstić information content (AvgIpc) is 3.44. The highest BCUT2D eigenvalue weighted by Crippen LogP contribution is 2.33. The Balaban J connectivity index is 1.47. The zero-order chi connectivity index (χ0) is 22.8. The van der Waals surface area contributed by atoms with Crippen LogP contribution in [0, 0.1) is 0 Å². The number of halogens is 2. The van der Waals surface area contributed by atoms with Crippen LogP contribution in [0.1, 0.15) is 31.3 Å². The molecule has 0 unspecified atom stereocenters. The summed E-state index contributed by atoms with van der Waals surface area (Å²) >= 11 is 6.19. The number of nitrogens with zero attached hydrogens (tertiary/aromatic N) is 4. The molecular weight excluding hydrogens is 445 g/mol. The van der Waals surface area contributed by atoms with Gasteiger partial charge in [-0.2, -0.15) is 5.10 Å². The predicted molar refractivity (Wildman–Crippen MR) is 113 cm³/mol. The van der Waals surface area contributed by atoms with E-state index >= 15 is 0 Å². The molecule has 172 valence electrons. The largest absolute Gasteiger partial charge is 0.441 e. The minimum absolute atomic E-state index is 0.0597. The van der Waals surface area contributed by atoms with Gasteiger partial charge >= 0.3 is 6.09 Å². The molecular formula is C19H23ClFN7O4. The molecule has 1 aliphatic heterocycles. The third-order valence-corrected chi connectivity index (χ3v) is 4.95. The van der Waals surface area contributed by atoms with Gasteiger partial charge in [0.2, 0.25) is 5.95 Å². The summed E-state index contributed by atoms with van der Waals surface area (Å²) in [6, 6.07) is 1.48. The lowest BCUT2D eigenvalue weighted by atomic mass is 10.1. The second kappa shape index (κ2) is 9.27. The fraction of sp³-hybridized carbons (Fsp3) is 0.474. The first-order valence-corrected chi connectivity index (χ1v) is 10.3. The van der Waals surface area contributed by atoms with Crippen LogP contribution in [0.3, 0.4) is 0 Å². The van der Waals surface area contributed by atoms with Crippen molar-refractivity contribution in [3.8, 4) is 0 Å². The molecule has 4 heterocycles. The van der Waals surface area contributed by atoms with Crippen LogP contribution in [0.2, 0.25) is 5.02 Å². The predicted octanol–water partition coefficient (Wildman–Crippen LogP) is 2.91. The van der Waals surface area contributed by atoms with Crippen molar-refractivity contribution in [2.24, 2.45) is 0 Å². The van der Waals surface area contributed by atoms with Crippen molar-refractivity contribution in [1.29, 1.82) is 0 Å². The van der Waals surface area contributed by atoms with E-state index in [4.69, 9.17) is 25.8 Å². The molecule has 11 nitrogen and oxygen atoms in total. The number of ether oxygens (including phenoxy) is 3. The Labute approximate surface area is 187 Å². The van der Waals surface area contributed by atoms with E-state index in [1.807, 2.05) is 0 Å². The molecule has 1 aliphatic rings. The molecule has 1 amide bonds. The fourth-order valence-electron chi connectivity index (χ4n) is 3.31. The Bertz CT molecular complexity index is 1100. The highest BCUT2D eigenvalue weighted by molar-refractivity contribution is 6.33. The normalized spacial score (nSPS) is 20.8. The fourth-order valence-corrected chi connectivity index (χ4v) is 3.49. The highest BCUT2D eigenvalue weighted by Gasteiger charge is 2.42. The third-order valence-electron chi connectivity index (χ3n) is 4.68. The summed E-state index contributed by atoms with van der Waals surface area (Å²) < 4.78 is 32.3. The van der Waals surface area contributed by atoms with E-state index in [-0.39, 0.29) is 12.6 Å².